The van der Waals surface area contributed by atoms with E-state index in [1.807, 2.05) is 0 Å². The Hall–Kier alpha value is -2.12. The summed E-state index contributed by atoms with van der Waals surface area (Å²) in [5, 5.41) is 7.35. The van der Waals surface area contributed by atoms with Crippen LogP contribution in [0.1, 0.15) is 29.0 Å². The minimum Gasteiger partial charge on any atom is -0.391 e. The lowest BCUT2D eigenvalue weighted by molar-refractivity contribution is -0.137. The van der Waals surface area contributed by atoms with Gasteiger partial charge in [0.15, 0.2) is 0 Å². The number of nitrogens with zero attached hydrogens (tertiary/aromatic N) is 1. The zero-order valence-electron chi connectivity index (χ0n) is 14.3. The predicted octanol–water partition coefficient (Wildman–Crippen LogP) is 4.92. The van der Waals surface area contributed by atoms with E-state index in [1.54, 1.807) is 12.1 Å². The lowest BCUT2D eigenvalue weighted by Gasteiger charge is -2.25. The molecule has 1 N–H and O–H groups in total. The summed E-state index contributed by atoms with van der Waals surface area (Å²) in [5.41, 5.74) is 1.63. The van der Waals surface area contributed by atoms with Gasteiger partial charge in [0.25, 0.3) is 0 Å². The fourth-order valence-electron chi connectivity index (χ4n) is 2.88. The van der Waals surface area contributed by atoms with Crippen molar-refractivity contribution in [1.29, 1.82) is 0 Å². The van der Waals surface area contributed by atoms with Crippen LogP contribution in [0.3, 0.4) is 0 Å². The highest BCUT2D eigenvalue weighted by atomic mass is 35.5. The largest absolute Gasteiger partial charge is 0.416 e. The molecule has 1 aliphatic rings. The molecule has 0 spiro atoms. The molecule has 1 aliphatic heterocycles. The third-order valence-electron chi connectivity index (χ3n) is 4.28. The van der Waals surface area contributed by atoms with Crippen LogP contribution >= 0.6 is 12.4 Å². The molecule has 0 aromatic heterocycles. The number of rotatable bonds is 4. The molecule has 27 heavy (non-hydrogen) atoms. The fraction of sp³-hybridized carbons (Fsp3) is 0.316. The first-order valence-corrected chi connectivity index (χ1v) is 8.24. The van der Waals surface area contributed by atoms with Gasteiger partial charge in [-0.15, -0.1) is 12.4 Å². The molecule has 1 saturated heterocycles. The highest BCUT2D eigenvalue weighted by Gasteiger charge is 2.31. The fourth-order valence-corrected chi connectivity index (χ4v) is 2.88. The van der Waals surface area contributed by atoms with Crippen molar-refractivity contribution < 1.29 is 22.4 Å². The van der Waals surface area contributed by atoms with Crippen molar-refractivity contribution in [1.82, 2.24) is 5.32 Å². The maximum absolute atomic E-state index is 12.9. The number of halogens is 5. The Bertz CT molecular complexity index is 761. The average molecular weight is 403 g/mol. The number of oxime groups is 1. The number of hydrogen-bond acceptors (Lipinski definition) is 3. The van der Waals surface area contributed by atoms with Crippen LogP contribution in [-0.2, 0) is 17.6 Å². The summed E-state index contributed by atoms with van der Waals surface area (Å²) in [4.78, 5) is 5.37. The summed E-state index contributed by atoms with van der Waals surface area (Å²) >= 11 is 0. The molecule has 0 saturated carbocycles. The standard InChI is InChI=1S/C19H18F4N2O.ClH/c20-16-7-1-13(2-8-16)12-26-25-18-11-24-10-9-17(18)14-3-5-15(6-4-14)19(21,22)23;/h1-8,17,24H,9-12H2;1H/b25-18-;. The van der Waals surface area contributed by atoms with E-state index in [0.29, 0.717) is 6.54 Å². The molecular weight excluding hydrogens is 384 g/mol. The van der Waals surface area contributed by atoms with Gasteiger partial charge in [-0.3, -0.25) is 0 Å². The molecule has 2 aromatic rings. The monoisotopic (exact) mass is 402 g/mol. The summed E-state index contributed by atoms with van der Waals surface area (Å²) < 4.78 is 51.0. The van der Waals surface area contributed by atoms with Crippen LogP contribution in [-0.4, -0.2) is 18.8 Å². The van der Waals surface area contributed by atoms with Gasteiger partial charge in [0.05, 0.1) is 11.3 Å². The summed E-state index contributed by atoms with van der Waals surface area (Å²) in [6, 6.07) is 11.1. The SMILES string of the molecule is Cl.Fc1ccc(CO/N=C2/CNCCC2c2ccc(C(F)(F)F)cc2)cc1. The van der Waals surface area contributed by atoms with E-state index in [1.165, 1.54) is 24.3 Å². The van der Waals surface area contributed by atoms with Crippen LogP contribution in [0.15, 0.2) is 53.7 Å². The molecule has 1 atom stereocenters. The van der Waals surface area contributed by atoms with Crippen LogP contribution in [0.4, 0.5) is 17.6 Å². The topological polar surface area (TPSA) is 33.6 Å². The maximum Gasteiger partial charge on any atom is 0.416 e. The third kappa shape index (κ3) is 5.68. The van der Waals surface area contributed by atoms with Gasteiger partial charge in [-0.2, -0.15) is 13.2 Å². The Morgan fingerprint density at radius 2 is 1.70 bits per heavy atom. The molecule has 1 heterocycles. The van der Waals surface area contributed by atoms with Gasteiger partial charge in [-0.1, -0.05) is 29.4 Å². The lowest BCUT2D eigenvalue weighted by Crippen LogP contribution is -2.36. The second-order valence-electron chi connectivity index (χ2n) is 6.12. The van der Waals surface area contributed by atoms with Crippen molar-refractivity contribution in [3.63, 3.8) is 0 Å². The lowest BCUT2D eigenvalue weighted by atomic mass is 9.88. The highest BCUT2D eigenvalue weighted by molar-refractivity contribution is 5.93. The molecule has 0 bridgehead atoms. The zero-order chi connectivity index (χ0) is 18.6. The van der Waals surface area contributed by atoms with Crippen molar-refractivity contribution in [3.05, 3.63) is 71.0 Å². The van der Waals surface area contributed by atoms with Gasteiger partial charge in [-0.25, -0.2) is 4.39 Å². The summed E-state index contributed by atoms with van der Waals surface area (Å²) in [6.45, 7) is 1.46. The van der Waals surface area contributed by atoms with Crippen molar-refractivity contribution >= 4 is 18.1 Å². The van der Waals surface area contributed by atoms with Crippen LogP contribution in [0.5, 0.6) is 0 Å². The van der Waals surface area contributed by atoms with E-state index in [4.69, 9.17) is 4.84 Å². The summed E-state index contributed by atoms with van der Waals surface area (Å²) in [6.07, 6.45) is -3.62. The van der Waals surface area contributed by atoms with Gasteiger partial charge in [-0.05, 0) is 48.4 Å². The summed E-state index contributed by atoms with van der Waals surface area (Å²) in [5.74, 6) is -0.411. The van der Waals surface area contributed by atoms with Crippen LogP contribution in [0.25, 0.3) is 0 Å². The second-order valence-corrected chi connectivity index (χ2v) is 6.12. The first kappa shape index (κ1) is 21.2. The van der Waals surface area contributed by atoms with Gasteiger partial charge in [0, 0.05) is 12.5 Å². The first-order valence-electron chi connectivity index (χ1n) is 8.24. The van der Waals surface area contributed by atoms with E-state index in [0.717, 1.165) is 41.9 Å². The van der Waals surface area contributed by atoms with Crippen molar-refractivity contribution in [2.75, 3.05) is 13.1 Å². The minimum atomic E-state index is -4.35. The zero-order valence-corrected chi connectivity index (χ0v) is 15.1. The van der Waals surface area contributed by atoms with Crippen molar-refractivity contribution in [2.24, 2.45) is 5.16 Å². The molecule has 3 rings (SSSR count). The third-order valence-corrected chi connectivity index (χ3v) is 4.28. The number of benzene rings is 2. The molecule has 0 aliphatic carbocycles. The molecule has 3 nitrogen and oxygen atoms in total. The molecule has 2 aromatic carbocycles. The Morgan fingerprint density at radius 3 is 2.33 bits per heavy atom. The van der Waals surface area contributed by atoms with Crippen LogP contribution in [0, 0.1) is 5.82 Å². The number of nitrogens with one attached hydrogen (secondary N) is 1. The Labute approximate surface area is 160 Å². The quantitative estimate of drug-likeness (QED) is 0.582. The molecule has 0 amide bonds. The second kappa shape index (κ2) is 9.19. The number of piperidine rings is 1. The van der Waals surface area contributed by atoms with E-state index in [-0.39, 0.29) is 30.7 Å². The molecule has 1 fully saturated rings. The molecule has 146 valence electrons. The molecule has 8 heteroatoms. The van der Waals surface area contributed by atoms with Gasteiger partial charge < -0.3 is 10.2 Å². The normalized spacial score (nSPS) is 18.8. The van der Waals surface area contributed by atoms with Crippen molar-refractivity contribution in [2.45, 2.75) is 25.1 Å². The number of hydrogen-bond donors (Lipinski definition) is 1. The predicted molar refractivity (Wildman–Crippen MR) is 97.5 cm³/mol. The van der Waals surface area contributed by atoms with E-state index < -0.39 is 11.7 Å². The molecule has 0 radical (unpaired) electrons. The van der Waals surface area contributed by atoms with Gasteiger partial charge in [0.1, 0.15) is 12.4 Å². The Balaban J connectivity index is 0.00000261. The smallest absolute Gasteiger partial charge is 0.391 e. The van der Waals surface area contributed by atoms with Crippen molar-refractivity contribution in [3.8, 4) is 0 Å². The molecule has 1 unspecified atom stereocenters. The average Bonchev–Trinajstić information content (AvgIpc) is 2.63. The van der Waals surface area contributed by atoms with Crippen LogP contribution in [0.2, 0.25) is 0 Å². The molecular formula is C19H19ClF4N2O. The minimum absolute atomic E-state index is 0. The first-order chi connectivity index (χ1) is 12.4. The Morgan fingerprint density at radius 1 is 1.04 bits per heavy atom. The van der Waals surface area contributed by atoms with Gasteiger partial charge >= 0.3 is 6.18 Å². The maximum atomic E-state index is 12.9. The highest BCUT2D eigenvalue weighted by Crippen LogP contribution is 2.31. The van der Waals surface area contributed by atoms with Gasteiger partial charge in [0.2, 0.25) is 0 Å². The van der Waals surface area contributed by atoms with E-state index in [9.17, 15) is 17.6 Å². The van der Waals surface area contributed by atoms with E-state index >= 15 is 0 Å². The summed E-state index contributed by atoms with van der Waals surface area (Å²) in [7, 11) is 0. The number of alkyl halides is 3. The van der Waals surface area contributed by atoms with Crippen LogP contribution < -0.4 is 5.32 Å². The Kier molecular flexibility index (Phi) is 7.21. The van der Waals surface area contributed by atoms with E-state index in [2.05, 4.69) is 10.5 Å².